The molecule has 0 fully saturated rings. The minimum atomic E-state index is 0.925. The van der Waals surface area contributed by atoms with Crippen molar-refractivity contribution in [3.63, 3.8) is 0 Å². The summed E-state index contributed by atoms with van der Waals surface area (Å²) in [4.78, 5) is 1.30. The van der Waals surface area contributed by atoms with Crippen LogP contribution >= 0.6 is 11.8 Å². The van der Waals surface area contributed by atoms with Crippen LogP contribution in [-0.2, 0) is 6.54 Å². The van der Waals surface area contributed by atoms with E-state index in [1.165, 1.54) is 16.1 Å². The molecule has 2 N–H and O–H groups in total. The maximum absolute atomic E-state index is 3.43. The topological polar surface area (TPSA) is 24.1 Å². The van der Waals surface area contributed by atoms with Crippen molar-refractivity contribution >= 4 is 17.4 Å². The van der Waals surface area contributed by atoms with E-state index in [0.717, 1.165) is 19.6 Å². The molecule has 0 saturated heterocycles. The van der Waals surface area contributed by atoms with Crippen LogP contribution in [0.4, 0.5) is 5.69 Å². The first-order valence-corrected chi connectivity index (χ1v) is 7.73. The minimum Gasteiger partial charge on any atom is -0.384 e. The van der Waals surface area contributed by atoms with Gasteiger partial charge >= 0.3 is 0 Å². The van der Waals surface area contributed by atoms with E-state index in [1.54, 1.807) is 11.8 Å². The molecule has 0 amide bonds. The summed E-state index contributed by atoms with van der Waals surface area (Å²) in [6.45, 7) is 2.82. The summed E-state index contributed by atoms with van der Waals surface area (Å²) in [6.07, 6.45) is 2.09. The summed E-state index contributed by atoms with van der Waals surface area (Å²) in [5.74, 6) is 0. The minimum absolute atomic E-state index is 0.925. The highest BCUT2D eigenvalue weighted by atomic mass is 32.2. The zero-order valence-corrected chi connectivity index (χ0v) is 12.0. The number of nitrogens with one attached hydrogen (secondary N) is 2. The van der Waals surface area contributed by atoms with Crippen molar-refractivity contribution < 1.29 is 0 Å². The van der Waals surface area contributed by atoms with Crippen molar-refractivity contribution in [1.29, 1.82) is 0 Å². The molecule has 0 bridgehead atoms. The molecule has 0 atom stereocenters. The first kappa shape index (κ1) is 14.0. The van der Waals surface area contributed by atoms with Gasteiger partial charge in [0, 0.05) is 30.2 Å². The van der Waals surface area contributed by atoms with Gasteiger partial charge < -0.3 is 10.6 Å². The fourth-order valence-corrected chi connectivity index (χ4v) is 2.24. The number of benzene rings is 2. The van der Waals surface area contributed by atoms with Crippen LogP contribution in [0.5, 0.6) is 0 Å². The molecule has 100 valence electrons. The number of anilines is 1. The molecule has 0 unspecified atom stereocenters. The SMILES string of the molecule is CSc1ccc(NCCNCc2ccccc2)cc1. The Kier molecular flexibility index (Phi) is 5.79. The predicted octanol–water partition coefficient (Wildman–Crippen LogP) is 3.61. The Morgan fingerprint density at radius 2 is 1.63 bits per heavy atom. The third-order valence-corrected chi connectivity index (χ3v) is 3.64. The number of hydrogen-bond donors (Lipinski definition) is 2. The largest absolute Gasteiger partial charge is 0.384 e. The van der Waals surface area contributed by atoms with Gasteiger partial charge in [-0.2, -0.15) is 0 Å². The second-order valence-corrected chi connectivity index (χ2v) is 5.20. The summed E-state index contributed by atoms with van der Waals surface area (Å²) in [6, 6.07) is 19.0. The van der Waals surface area contributed by atoms with Crippen LogP contribution in [0.3, 0.4) is 0 Å². The third-order valence-electron chi connectivity index (χ3n) is 2.89. The van der Waals surface area contributed by atoms with Crippen LogP contribution in [0, 0.1) is 0 Å². The smallest absolute Gasteiger partial charge is 0.0341 e. The Morgan fingerprint density at radius 3 is 2.32 bits per heavy atom. The summed E-state index contributed by atoms with van der Waals surface area (Å²) in [5.41, 5.74) is 2.51. The summed E-state index contributed by atoms with van der Waals surface area (Å²) >= 11 is 1.77. The average molecular weight is 272 g/mol. The van der Waals surface area contributed by atoms with Gasteiger partial charge in [0.2, 0.25) is 0 Å². The van der Waals surface area contributed by atoms with Crippen LogP contribution < -0.4 is 10.6 Å². The van der Waals surface area contributed by atoms with E-state index in [1.807, 2.05) is 6.07 Å². The van der Waals surface area contributed by atoms with Crippen molar-refractivity contribution in [1.82, 2.24) is 5.32 Å². The molecule has 2 nitrogen and oxygen atoms in total. The van der Waals surface area contributed by atoms with Crippen molar-refractivity contribution in [2.45, 2.75) is 11.4 Å². The van der Waals surface area contributed by atoms with Gasteiger partial charge in [-0.3, -0.25) is 0 Å². The van der Waals surface area contributed by atoms with E-state index < -0.39 is 0 Å². The Hall–Kier alpha value is -1.45. The Labute approximate surface area is 119 Å². The van der Waals surface area contributed by atoms with Crippen LogP contribution in [-0.4, -0.2) is 19.3 Å². The Balaban J connectivity index is 1.63. The molecular weight excluding hydrogens is 252 g/mol. The quantitative estimate of drug-likeness (QED) is 0.595. The maximum Gasteiger partial charge on any atom is 0.0341 e. The summed E-state index contributed by atoms with van der Waals surface area (Å²) in [5, 5.41) is 6.84. The van der Waals surface area contributed by atoms with E-state index in [9.17, 15) is 0 Å². The molecule has 0 aromatic heterocycles. The van der Waals surface area contributed by atoms with Gasteiger partial charge in [0.05, 0.1) is 0 Å². The van der Waals surface area contributed by atoms with E-state index >= 15 is 0 Å². The summed E-state index contributed by atoms with van der Waals surface area (Å²) in [7, 11) is 0. The second-order valence-electron chi connectivity index (χ2n) is 4.32. The van der Waals surface area contributed by atoms with Gasteiger partial charge in [-0.05, 0) is 36.1 Å². The first-order valence-electron chi connectivity index (χ1n) is 6.51. The van der Waals surface area contributed by atoms with Crippen LogP contribution in [0.1, 0.15) is 5.56 Å². The van der Waals surface area contributed by atoms with Gasteiger partial charge in [0.15, 0.2) is 0 Å². The van der Waals surface area contributed by atoms with E-state index in [4.69, 9.17) is 0 Å². The highest BCUT2D eigenvalue weighted by molar-refractivity contribution is 7.98. The molecule has 2 rings (SSSR count). The predicted molar refractivity (Wildman–Crippen MR) is 84.9 cm³/mol. The fraction of sp³-hybridized carbons (Fsp3) is 0.250. The molecule has 3 heteroatoms. The fourth-order valence-electron chi connectivity index (χ4n) is 1.83. The standard InChI is InChI=1S/C16H20N2S/c1-19-16-9-7-15(8-10-16)18-12-11-17-13-14-5-3-2-4-6-14/h2-10,17-18H,11-13H2,1H3. The number of rotatable bonds is 7. The lowest BCUT2D eigenvalue weighted by atomic mass is 10.2. The molecule has 0 aliphatic heterocycles. The maximum atomic E-state index is 3.43. The lowest BCUT2D eigenvalue weighted by molar-refractivity contribution is 0.707. The Morgan fingerprint density at radius 1 is 0.895 bits per heavy atom. The molecule has 0 saturated carbocycles. The van der Waals surface area contributed by atoms with E-state index in [0.29, 0.717) is 0 Å². The molecule has 19 heavy (non-hydrogen) atoms. The number of thioether (sulfide) groups is 1. The molecule has 2 aromatic carbocycles. The molecule has 0 heterocycles. The molecule has 0 aliphatic carbocycles. The third kappa shape index (κ3) is 4.97. The summed E-state index contributed by atoms with van der Waals surface area (Å²) < 4.78 is 0. The van der Waals surface area contributed by atoms with Gasteiger partial charge in [0.25, 0.3) is 0 Å². The highest BCUT2D eigenvalue weighted by Crippen LogP contribution is 2.17. The Bertz CT molecular complexity index is 468. The van der Waals surface area contributed by atoms with Gasteiger partial charge in [-0.15, -0.1) is 11.8 Å². The zero-order chi connectivity index (χ0) is 13.3. The average Bonchev–Trinajstić information content (AvgIpc) is 2.49. The molecule has 0 aliphatic rings. The lowest BCUT2D eigenvalue weighted by Crippen LogP contribution is -2.21. The first-order chi connectivity index (χ1) is 9.38. The molecule has 2 aromatic rings. The van der Waals surface area contributed by atoms with E-state index in [2.05, 4.69) is 65.4 Å². The van der Waals surface area contributed by atoms with Crippen molar-refractivity contribution in [3.8, 4) is 0 Å². The van der Waals surface area contributed by atoms with Gasteiger partial charge in [-0.1, -0.05) is 30.3 Å². The van der Waals surface area contributed by atoms with Gasteiger partial charge in [-0.25, -0.2) is 0 Å². The number of hydrogen-bond acceptors (Lipinski definition) is 3. The monoisotopic (exact) mass is 272 g/mol. The van der Waals surface area contributed by atoms with E-state index in [-0.39, 0.29) is 0 Å². The van der Waals surface area contributed by atoms with Crippen molar-refractivity contribution in [2.24, 2.45) is 0 Å². The lowest BCUT2D eigenvalue weighted by Gasteiger charge is -2.08. The van der Waals surface area contributed by atoms with Crippen LogP contribution in [0.25, 0.3) is 0 Å². The van der Waals surface area contributed by atoms with Gasteiger partial charge in [0.1, 0.15) is 0 Å². The molecular formula is C16H20N2S. The van der Waals surface area contributed by atoms with Crippen LogP contribution in [0.15, 0.2) is 59.5 Å². The molecule has 0 spiro atoms. The highest BCUT2D eigenvalue weighted by Gasteiger charge is 1.93. The second kappa shape index (κ2) is 7.87. The molecule has 0 radical (unpaired) electrons. The normalized spacial score (nSPS) is 10.4. The zero-order valence-electron chi connectivity index (χ0n) is 11.2. The van der Waals surface area contributed by atoms with Crippen molar-refractivity contribution in [2.75, 3.05) is 24.7 Å². The van der Waals surface area contributed by atoms with Crippen molar-refractivity contribution in [3.05, 3.63) is 60.2 Å². The van der Waals surface area contributed by atoms with Crippen LogP contribution in [0.2, 0.25) is 0 Å².